The molecule has 4 rings (SSSR count). The van der Waals surface area contributed by atoms with E-state index in [1.165, 1.54) is 0 Å². The summed E-state index contributed by atoms with van der Waals surface area (Å²) in [6.07, 6.45) is 0. The lowest BCUT2D eigenvalue weighted by atomic mass is 10.1. The molecule has 0 bridgehead atoms. The molecule has 1 amide bonds. The molecule has 0 atom stereocenters. The third kappa shape index (κ3) is 4.28. The molecule has 0 aliphatic rings. The quantitative estimate of drug-likeness (QED) is 0.507. The summed E-state index contributed by atoms with van der Waals surface area (Å²) in [5, 5.41) is 3.11. The summed E-state index contributed by atoms with van der Waals surface area (Å²) in [6, 6.07) is 18.6. The Labute approximate surface area is 178 Å². The molecule has 1 heterocycles. The largest absolute Gasteiger partial charge is 0.484 e. The first-order valence-corrected chi connectivity index (χ1v) is 9.99. The number of halogens is 1. The number of H-pyrrole nitrogens is 1. The third-order valence-electron chi connectivity index (χ3n) is 4.88. The Hall–Kier alpha value is -3.38. The molecule has 0 saturated heterocycles. The van der Waals surface area contributed by atoms with Crippen LogP contribution in [0.1, 0.15) is 12.7 Å². The Kier molecular flexibility index (Phi) is 5.68. The lowest BCUT2D eigenvalue weighted by Crippen LogP contribution is -2.35. The Balaban J connectivity index is 1.47. The zero-order valence-electron chi connectivity index (χ0n) is 16.4. The number of amides is 1. The summed E-state index contributed by atoms with van der Waals surface area (Å²) in [5.41, 5.74) is 0.236. The normalized spacial score (nSPS) is 11.0. The topological polar surface area (TPSA) is 75.3 Å². The fourth-order valence-corrected chi connectivity index (χ4v) is 3.45. The molecule has 0 aliphatic carbocycles. The second-order valence-corrected chi connectivity index (χ2v) is 7.32. The third-order valence-corrected chi connectivity index (χ3v) is 5.11. The van der Waals surface area contributed by atoms with Crippen LogP contribution in [0.25, 0.3) is 21.7 Å². The van der Waals surface area contributed by atoms with E-state index in [1.54, 1.807) is 23.1 Å². The van der Waals surface area contributed by atoms with Crippen LogP contribution in [0.3, 0.4) is 0 Å². The lowest BCUT2D eigenvalue weighted by Gasteiger charge is -2.20. The maximum absolute atomic E-state index is 12.7. The van der Waals surface area contributed by atoms with Gasteiger partial charge in [-0.05, 0) is 48.0 Å². The summed E-state index contributed by atoms with van der Waals surface area (Å²) < 4.78 is 5.71. The highest BCUT2D eigenvalue weighted by Crippen LogP contribution is 2.20. The van der Waals surface area contributed by atoms with Gasteiger partial charge in [-0.1, -0.05) is 41.9 Å². The van der Waals surface area contributed by atoms with Crippen LogP contribution in [0.4, 0.5) is 0 Å². The van der Waals surface area contributed by atoms with Gasteiger partial charge in [-0.15, -0.1) is 0 Å². The number of carbonyl (C=O) groups is 1. The average Bonchev–Trinajstić information content (AvgIpc) is 2.75. The van der Waals surface area contributed by atoms with Crippen molar-refractivity contribution in [3.8, 4) is 5.75 Å². The minimum Gasteiger partial charge on any atom is -0.484 e. The second-order valence-electron chi connectivity index (χ2n) is 6.88. The van der Waals surface area contributed by atoms with Gasteiger partial charge in [0.2, 0.25) is 0 Å². The van der Waals surface area contributed by atoms with Crippen LogP contribution >= 0.6 is 11.6 Å². The molecule has 4 aromatic rings. The minimum atomic E-state index is -0.261. The zero-order chi connectivity index (χ0) is 21.1. The fraction of sp³-hybridized carbons (Fsp3) is 0.174. The first-order valence-electron chi connectivity index (χ1n) is 9.61. The number of carbonyl (C=O) groups excluding carboxylic acids is 1. The number of benzene rings is 3. The van der Waals surface area contributed by atoms with E-state index in [9.17, 15) is 9.59 Å². The van der Waals surface area contributed by atoms with Crippen LogP contribution in [-0.2, 0) is 11.3 Å². The highest BCUT2D eigenvalue weighted by atomic mass is 35.5. The molecule has 30 heavy (non-hydrogen) atoms. The van der Waals surface area contributed by atoms with Crippen LogP contribution in [0.15, 0.2) is 65.5 Å². The van der Waals surface area contributed by atoms with Crippen molar-refractivity contribution < 1.29 is 9.53 Å². The Morgan fingerprint density at radius 1 is 1.10 bits per heavy atom. The van der Waals surface area contributed by atoms with E-state index in [2.05, 4.69) is 9.97 Å². The van der Waals surface area contributed by atoms with E-state index in [-0.39, 0.29) is 24.6 Å². The van der Waals surface area contributed by atoms with Gasteiger partial charge in [-0.25, -0.2) is 4.98 Å². The molecular formula is C23H20ClN3O3. The van der Waals surface area contributed by atoms with Crippen molar-refractivity contribution in [3.63, 3.8) is 0 Å². The number of fused-ring (bicyclic) bond motifs is 2. The second kappa shape index (κ2) is 8.55. The maximum atomic E-state index is 12.7. The van der Waals surface area contributed by atoms with E-state index in [4.69, 9.17) is 16.3 Å². The molecular weight excluding hydrogens is 402 g/mol. The Morgan fingerprint density at radius 2 is 1.90 bits per heavy atom. The van der Waals surface area contributed by atoms with Crippen molar-refractivity contribution in [1.82, 2.24) is 14.9 Å². The summed E-state index contributed by atoms with van der Waals surface area (Å²) in [4.78, 5) is 33.7. The summed E-state index contributed by atoms with van der Waals surface area (Å²) in [5.74, 6) is 0.833. The van der Waals surface area contributed by atoms with Crippen LogP contribution in [0.2, 0.25) is 5.02 Å². The lowest BCUT2D eigenvalue weighted by molar-refractivity contribution is -0.133. The van der Waals surface area contributed by atoms with Gasteiger partial charge in [0.1, 0.15) is 11.6 Å². The smallest absolute Gasteiger partial charge is 0.260 e. The molecule has 0 radical (unpaired) electrons. The fourth-order valence-electron chi connectivity index (χ4n) is 3.29. The predicted molar refractivity (Wildman–Crippen MR) is 118 cm³/mol. The standard InChI is InChI=1S/C23H20ClN3O3/c1-2-27(13-21-25-20-12-17(24)8-10-19(20)23(29)26-21)22(28)14-30-18-9-7-15-5-3-4-6-16(15)11-18/h3-12H,2,13-14H2,1H3,(H,25,26,29). The molecule has 1 N–H and O–H groups in total. The van der Waals surface area contributed by atoms with Gasteiger partial charge in [-0.3, -0.25) is 9.59 Å². The number of hydrogen-bond acceptors (Lipinski definition) is 4. The van der Waals surface area contributed by atoms with Gasteiger partial charge in [-0.2, -0.15) is 0 Å². The number of ether oxygens (including phenoxy) is 1. The maximum Gasteiger partial charge on any atom is 0.260 e. The van der Waals surface area contributed by atoms with E-state index >= 15 is 0 Å². The zero-order valence-corrected chi connectivity index (χ0v) is 17.1. The van der Waals surface area contributed by atoms with Gasteiger partial charge in [0.15, 0.2) is 6.61 Å². The van der Waals surface area contributed by atoms with Gasteiger partial charge in [0, 0.05) is 11.6 Å². The van der Waals surface area contributed by atoms with E-state index in [0.717, 1.165) is 10.8 Å². The Bertz CT molecular complexity index is 1290. The number of likely N-dealkylation sites (N-methyl/N-ethyl adjacent to an activating group) is 1. The summed E-state index contributed by atoms with van der Waals surface area (Å²) >= 11 is 6.01. The predicted octanol–water partition coefficient (Wildman–Crippen LogP) is 4.16. The SMILES string of the molecule is CCN(Cc1nc2cc(Cl)ccc2c(=O)[nH]1)C(=O)COc1ccc2ccccc2c1. The van der Waals surface area contributed by atoms with Crippen molar-refractivity contribution >= 4 is 39.2 Å². The monoisotopic (exact) mass is 421 g/mol. The molecule has 6 nitrogen and oxygen atoms in total. The van der Waals surface area contributed by atoms with Gasteiger partial charge in [0.05, 0.1) is 17.4 Å². The van der Waals surface area contributed by atoms with E-state index in [0.29, 0.717) is 34.0 Å². The number of hydrogen-bond donors (Lipinski definition) is 1. The molecule has 152 valence electrons. The van der Waals surface area contributed by atoms with Crippen LogP contribution < -0.4 is 10.3 Å². The number of aromatic nitrogens is 2. The van der Waals surface area contributed by atoms with Crippen molar-refractivity contribution in [1.29, 1.82) is 0 Å². The molecule has 0 spiro atoms. The number of aromatic amines is 1. The van der Waals surface area contributed by atoms with E-state index in [1.807, 2.05) is 49.4 Å². The number of rotatable bonds is 6. The van der Waals surface area contributed by atoms with Crippen LogP contribution in [-0.4, -0.2) is 33.9 Å². The van der Waals surface area contributed by atoms with Gasteiger partial charge in [0.25, 0.3) is 11.5 Å². The molecule has 0 aliphatic heterocycles. The van der Waals surface area contributed by atoms with Crippen LogP contribution in [0.5, 0.6) is 5.75 Å². The molecule has 0 fully saturated rings. The van der Waals surface area contributed by atoms with Crippen molar-refractivity contribution in [2.24, 2.45) is 0 Å². The van der Waals surface area contributed by atoms with Crippen LogP contribution in [0, 0.1) is 0 Å². The highest BCUT2D eigenvalue weighted by molar-refractivity contribution is 6.31. The van der Waals surface area contributed by atoms with Gasteiger partial charge >= 0.3 is 0 Å². The number of nitrogens with zero attached hydrogens (tertiary/aromatic N) is 2. The van der Waals surface area contributed by atoms with E-state index < -0.39 is 0 Å². The highest BCUT2D eigenvalue weighted by Gasteiger charge is 2.15. The summed E-state index contributed by atoms with van der Waals surface area (Å²) in [7, 11) is 0. The first-order chi connectivity index (χ1) is 14.5. The first kappa shape index (κ1) is 19.9. The molecule has 3 aromatic carbocycles. The van der Waals surface area contributed by atoms with Gasteiger partial charge < -0.3 is 14.6 Å². The van der Waals surface area contributed by atoms with Crippen molar-refractivity contribution in [2.75, 3.05) is 13.2 Å². The summed E-state index contributed by atoms with van der Waals surface area (Å²) in [6.45, 7) is 2.39. The minimum absolute atomic E-state index is 0.101. The molecule has 7 heteroatoms. The van der Waals surface area contributed by atoms with Crippen molar-refractivity contribution in [2.45, 2.75) is 13.5 Å². The van der Waals surface area contributed by atoms with Crippen molar-refractivity contribution in [3.05, 3.63) is 81.9 Å². The Morgan fingerprint density at radius 3 is 2.70 bits per heavy atom. The molecule has 0 saturated carbocycles. The average molecular weight is 422 g/mol. The number of nitrogens with one attached hydrogen (secondary N) is 1. The molecule has 1 aromatic heterocycles. The molecule has 0 unspecified atom stereocenters.